The van der Waals surface area contributed by atoms with Crippen molar-refractivity contribution in [3.05, 3.63) is 54.1 Å². The van der Waals surface area contributed by atoms with Gasteiger partial charge in [0, 0.05) is 25.6 Å². The summed E-state index contributed by atoms with van der Waals surface area (Å²) in [5, 5.41) is 36.8. The molecule has 0 aromatic carbocycles. The lowest BCUT2D eigenvalue weighted by Gasteiger charge is -2.06. The van der Waals surface area contributed by atoms with E-state index in [0.29, 0.717) is 17.8 Å². The van der Waals surface area contributed by atoms with Crippen molar-refractivity contribution >= 4 is 29.2 Å². The lowest BCUT2D eigenvalue weighted by molar-refractivity contribution is -0.121. The van der Waals surface area contributed by atoms with Gasteiger partial charge in [-0.1, -0.05) is 6.07 Å². The molecule has 2 aromatic rings. The third kappa shape index (κ3) is 7.64. The van der Waals surface area contributed by atoms with E-state index in [0.717, 1.165) is 0 Å². The molecule has 11 nitrogen and oxygen atoms in total. The summed E-state index contributed by atoms with van der Waals surface area (Å²) in [4.78, 5) is 31.4. The summed E-state index contributed by atoms with van der Waals surface area (Å²) >= 11 is 0. The van der Waals surface area contributed by atoms with E-state index in [1.807, 2.05) is 0 Å². The van der Waals surface area contributed by atoms with Crippen LogP contribution < -0.4 is 10.6 Å². The third-order valence-electron chi connectivity index (χ3n) is 3.69. The minimum absolute atomic E-state index is 0.124. The lowest BCUT2D eigenvalue weighted by Crippen LogP contribution is -2.26. The quantitative estimate of drug-likeness (QED) is 0.238. The summed E-state index contributed by atoms with van der Waals surface area (Å²) in [6.07, 6.45) is 3.65. The first-order chi connectivity index (χ1) is 14.5. The van der Waals surface area contributed by atoms with E-state index in [1.54, 1.807) is 24.3 Å². The molecule has 30 heavy (non-hydrogen) atoms. The second kappa shape index (κ2) is 11.9. The lowest BCUT2D eigenvalue weighted by atomic mass is 10.2. The van der Waals surface area contributed by atoms with Crippen molar-refractivity contribution in [1.29, 1.82) is 10.8 Å². The van der Waals surface area contributed by atoms with Crippen LogP contribution in [-0.2, 0) is 9.59 Å². The number of nitrogens with one attached hydrogen (secondary N) is 4. The van der Waals surface area contributed by atoms with Crippen LogP contribution in [0.4, 0.5) is 5.69 Å². The predicted octanol–water partition coefficient (Wildman–Crippen LogP) is 1.50. The number of aliphatic hydroxyl groups is 1. The van der Waals surface area contributed by atoms with Crippen LogP contribution in [0, 0.1) is 10.8 Å². The van der Waals surface area contributed by atoms with Crippen LogP contribution in [0.25, 0.3) is 0 Å². The molecule has 0 aliphatic rings. The van der Waals surface area contributed by atoms with Gasteiger partial charge in [-0.2, -0.15) is 0 Å². The topological polar surface area (TPSA) is 177 Å². The molecule has 0 bridgehead atoms. The summed E-state index contributed by atoms with van der Waals surface area (Å²) in [6, 6.07) is 8.13. The Kier molecular flexibility index (Phi) is 8.87. The Morgan fingerprint density at radius 3 is 2.27 bits per heavy atom. The van der Waals surface area contributed by atoms with Crippen molar-refractivity contribution in [3.8, 4) is 0 Å². The summed E-state index contributed by atoms with van der Waals surface area (Å²) in [5.74, 6) is -0.888. The monoisotopic (exact) mass is 410 g/mol. The highest BCUT2D eigenvalue weighted by atomic mass is 16.3. The van der Waals surface area contributed by atoms with Crippen LogP contribution in [0.2, 0.25) is 0 Å². The van der Waals surface area contributed by atoms with Crippen LogP contribution in [0.15, 0.2) is 53.0 Å². The number of amidine groups is 2. The molecule has 156 valence electrons. The molecule has 5 N–H and O–H groups in total. The molecule has 0 saturated carbocycles. The summed E-state index contributed by atoms with van der Waals surface area (Å²) in [7, 11) is 0. The summed E-state index contributed by atoms with van der Waals surface area (Å²) in [5.41, 5.74) is 1.01. The van der Waals surface area contributed by atoms with Gasteiger partial charge in [-0.15, -0.1) is 10.2 Å². The number of carbonyl (C=O) groups is 2. The number of hydrogen-bond acceptors (Lipinski definition) is 7. The highest BCUT2D eigenvalue weighted by Gasteiger charge is 2.08. The molecule has 0 radical (unpaired) electrons. The van der Waals surface area contributed by atoms with E-state index in [4.69, 9.17) is 15.9 Å². The first-order valence-corrected chi connectivity index (χ1v) is 9.13. The number of hydrogen-bond donors (Lipinski definition) is 5. The Morgan fingerprint density at radius 2 is 1.67 bits per heavy atom. The average molecular weight is 410 g/mol. The van der Waals surface area contributed by atoms with E-state index in [-0.39, 0.29) is 55.2 Å². The molecule has 0 fully saturated rings. The van der Waals surface area contributed by atoms with E-state index in [9.17, 15) is 9.59 Å². The zero-order valence-electron chi connectivity index (χ0n) is 16.1. The number of amides is 2. The molecule has 0 atom stereocenters. The zero-order chi connectivity index (χ0) is 21.8. The van der Waals surface area contributed by atoms with Crippen molar-refractivity contribution in [1.82, 2.24) is 15.3 Å². The van der Waals surface area contributed by atoms with Crippen molar-refractivity contribution in [3.63, 3.8) is 0 Å². The fraction of sp³-hybridized carbons (Fsp3) is 0.263. The van der Waals surface area contributed by atoms with E-state index < -0.39 is 0 Å². The minimum atomic E-state index is -0.266. The van der Waals surface area contributed by atoms with Crippen LogP contribution in [0.3, 0.4) is 0 Å². The predicted molar refractivity (Wildman–Crippen MR) is 110 cm³/mol. The molecular formula is C19H22N8O3. The number of pyridine rings is 2. The Balaban J connectivity index is 1.80. The second-order valence-corrected chi connectivity index (χ2v) is 6.02. The number of nitrogens with zero attached hydrogens (tertiary/aromatic N) is 4. The number of aliphatic hydroxyl groups excluding tert-OH is 1. The zero-order valence-corrected chi connectivity index (χ0v) is 16.1. The van der Waals surface area contributed by atoms with Crippen LogP contribution in [-0.4, -0.2) is 51.7 Å². The fourth-order valence-corrected chi connectivity index (χ4v) is 2.23. The summed E-state index contributed by atoms with van der Waals surface area (Å²) in [6.45, 7) is 0.0721. The van der Waals surface area contributed by atoms with Gasteiger partial charge in [-0.3, -0.25) is 30.4 Å². The fourth-order valence-electron chi connectivity index (χ4n) is 2.23. The Hall–Kier alpha value is -3.86. The van der Waals surface area contributed by atoms with Crippen molar-refractivity contribution in [2.75, 3.05) is 18.5 Å². The molecule has 0 saturated heterocycles. The first-order valence-electron chi connectivity index (χ1n) is 9.13. The maximum atomic E-state index is 11.9. The van der Waals surface area contributed by atoms with E-state index >= 15 is 0 Å². The van der Waals surface area contributed by atoms with Gasteiger partial charge in [0.05, 0.1) is 18.5 Å². The van der Waals surface area contributed by atoms with Crippen molar-refractivity contribution in [2.45, 2.75) is 19.3 Å². The SMILES string of the molecule is N=C(N=NC(=N)c1ccc(NC(=O)CCCC(=O)NCCO)cn1)c1ccccn1. The normalized spacial score (nSPS) is 10.6. The standard InChI is InChI=1S/C19H22N8O3/c20-18(14-4-1-2-9-22-14)26-27-19(21)15-8-7-13(12-24-15)25-17(30)6-3-5-16(29)23-10-11-28/h1-2,4,7-9,12,20-21,28H,3,5-6,10-11H2,(H,23,29)(H,25,30). The van der Waals surface area contributed by atoms with Crippen LogP contribution in [0.5, 0.6) is 0 Å². The molecule has 0 spiro atoms. The average Bonchev–Trinajstić information content (AvgIpc) is 2.76. The maximum Gasteiger partial charge on any atom is 0.224 e. The number of anilines is 1. The molecule has 0 aliphatic heterocycles. The van der Waals surface area contributed by atoms with Crippen molar-refractivity contribution < 1.29 is 14.7 Å². The molecule has 2 amide bonds. The Labute approximate surface area is 172 Å². The number of azo groups is 1. The second-order valence-electron chi connectivity index (χ2n) is 6.02. The Morgan fingerprint density at radius 1 is 0.967 bits per heavy atom. The molecule has 0 aliphatic carbocycles. The summed E-state index contributed by atoms with van der Waals surface area (Å²) < 4.78 is 0. The maximum absolute atomic E-state index is 11.9. The van der Waals surface area contributed by atoms with E-state index in [2.05, 4.69) is 30.8 Å². The van der Waals surface area contributed by atoms with Gasteiger partial charge in [0.1, 0.15) is 11.4 Å². The minimum Gasteiger partial charge on any atom is -0.395 e. The van der Waals surface area contributed by atoms with Gasteiger partial charge in [0.2, 0.25) is 11.8 Å². The molecule has 0 unspecified atom stereocenters. The van der Waals surface area contributed by atoms with Gasteiger partial charge >= 0.3 is 0 Å². The molecule has 2 aromatic heterocycles. The van der Waals surface area contributed by atoms with Gasteiger partial charge in [-0.05, 0) is 30.7 Å². The highest BCUT2D eigenvalue weighted by Crippen LogP contribution is 2.09. The van der Waals surface area contributed by atoms with Crippen molar-refractivity contribution in [2.24, 2.45) is 10.2 Å². The third-order valence-corrected chi connectivity index (χ3v) is 3.69. The molecular weight excluding hydrogens is 388 g/mol. The van der Waals surface area contributed by atoms with Gasteiger partial charge in [-0.25, -0.2) is 0 Å². The largest absolute Gasteiger partial charge is 0.395 e. The van der Waals surface area contributed by atoms with E-state index in [1.165, 1.54) is 18.5 Å². The molecule has 2 rings (SSSR count). The molecule has 11 heteroatoms. The highest BCUT2D eigenvalue weighted by molar-refractivity contribution is 5.99. The number of rotatable bonds is 9. The number of carbonyl (C=O) groups excluding carboxylic acids is 2. The first kappa shape index (κ1) is 22.4. The Bertz CT molecular complexity index is 913. The van der Waals surface area contributed by atoms with Crippen LogP contribution in [0.1, 0.15) is 30.7 Å². The number of aromatic nitrogens is 2. The van der Waals surface area contributed by atoms with Gasteiger partial charge in [0.25, 0.3) is 0 Å². The van der Waals surface area contributed by atoms with Crippen LogP contribution >= 0.6 is 0 Å². The molecule has 2 heterocycles. The smallest absolute Gasteiger partial charge is 0.224 e. The van der Waals surface area contributed by atoms with Gasteiger partial charge in [0.15, 0.2) is 11.7 Å². The van der Waals surface area contributed by atoms with Gasteiger partial charge < -0.3 is 15.7 Å².